The number of nitrogens with zero attached hydrogens (tertiary/aromatic N) is 2. The van der Waals surface area contributed by atoms with Gasteiger partial charge in [-0.15, -0.1) is 0 Å². The van der Waals surface area contributed by atoms with Gasteiger partial charge < -0.3 is 18.8 Å². The second kappa shape index (κ2) is 8.93. The number of ether oxygens (including phenoxy) is 3. The first kappa shape index (κ1) is 20.5. The van der Waals surface area contributed by atoms with E-state index in [1.165, 1.54) is 11.3 Å². The molecule has 0 radical (unpaired) electrons. The Hall–Kier alpha value is -2.78. The van der Waals surface area contributed by atoms with Gasteiger partial charge in [0.1, 0.15) is 0 Å². The largest absolute Gasteiger partial charge is 0.462 e. The molecule has 156 valence electrons. The molecule has 0 fully saturated rings. The molecule has 1 aromatic heterocycles. The van der Waals surface area contributed by atoms with Crippen LogP contribution >= 0.6 is 23.1 Å². The van der Waals surface area contributed by atoms with Crippen molar-refractivity contribution in [2.45, 2.75) is 13.5 Å². The highest BCUT2D eigenvalue weighted by Gasteiger charge is 2.17. The van der Waals surface area contributed by atoms with Crippen LogP contribution in [0.25, 0.3) is 10.2 Å². The maximum atomic E-state index is 12.8. The van der Waals surface area contributed by atoms with Gasteiger partial charge in [0, 0.05) is 17.9 Å². The summed E-state index contributed by atoms with van der Waals surface area (Å²) in [5, 5.41) is 0. The maximum absolute atomic E-state index is 12.8. The number of hydrogen-bond donors (Lipinski definition) is 0. The fraction of sp³-hybridized carbons (Fsp3) is 0.286. The van der Waals surface area contributed by atoms with Crippen LogP contribution in [0.3, 0.4) is 0 Å². The number of amides is 1. The third-order valence-corrected chi connectivity index (χ3v) is 6.16. The van der Waals surface area contributed by atoms with Crippen LogP contribution in [0.1, 0.15) is 27.6 Å². The van der Waals surface area contributed by atoms with E-state index in [1.54, 1.807) is 49.0 Å². The van der Waals surface area contributed by atoms with Gasteiger partial charge in [-0.05, 0) is 49.6 Å². The highest BCUT2D eigenvalue weighted by molar-refractivity contribution is 7.98. The van der Waals surface area contributed by atoms with Crippen molar-refractivity contribution in [2.24, 2.45) is 4.99 Å². The van der Waals surface area contributed by atoms with Gasteiger partial charge in [0.05, 0.1) is 22.4 Å². The van der Waals surface area contributed by atoms with Crippen LogP contribution in [0.4, 0.5) is 0 Å². The standard InChI is InChI=1S/C21H20N2O5S2/c1-3-26-20(25)14-4-6-15-18(11-14)30-21(23(15)8-9-29-2)22-19(24)13-5-7-16-17(10-13)28-12-27-16/h4-7,10-11H,3,8-9,12H2,1-2H3. The quantitative estimate of drug-likeness (QED) is 0.540. The summed E-state index contributed by atoms with van der Waals surface area (Å²) < 4.78 is 18.6. The number of carbonyl (C=O) groups is 2. The predicted octanol–water partition coefficient (Wildman–Crippen LogP) is 3.71. The lowest BCUT2D eigenvalue weighted by Gasteiger charge is -2.05. The number of fused-ring (bicyclic) bond motifs is 2. The summed E-state index contributed by atoms with van der Waals surface area (Å²) in [5.41, 5.74) is 1.84. The molecule has 0 saturated carbocycles. The molecule has 1 amide bonds. The Bertz CT molecular complexity index is 1180. The number of thioether (sulfide) groups is 1. The number of carbonyl (C=O) groups excluding carboxylic acids is 2. The van der Waals surface area contributed by atoms with E-state index in [1.807, 2.05) is 16.9 Å². The molecule has 0 atom stereocenters. The fourth-order valence-electron chi connectivity index (χ4n) is 3.08. The van der Waals surface area contributed by atoms with Gasteiger partial charge in [0.2, 0.25) is 6.79 Å². The first-order valence-corrected chi connectivity index (χ1v) is 11.6. The number of benzene rings is 2. The van der Waals surface area contributed by atoms with Gasteiger partial charge in [0.15, 0.2) is 16.3 Å². The molecule has 30 heavy (non-hydrogen) atoms. The van der Waals surface area contributed by atoms with Crippen LogP contribution in [-0.4, -0.2) is 41.9 Å². The van der Waals surface area contributed by atoms with Crippen molar-refractivity contribution in [1.82, 2.24) is 4.57 Å². The van der Waals surface area contributed by atoms with Gasteiger partial charge in [-0.3, -0.25) is 4.79 Å². The number of esters is 1. The zero-order valence-electron chi connectivity index (χ0n) is 16.5. The van der Waals surface area contributed by atoms with Crippen LogP contribution in [0.2, 0.25) is 0 Å². The third kappa shape index (κ3) is 4.08. The van der Waals surface area contributed by atoms with Crippen molar-refractivity contribution >= 4 is 45.2 Å². The number of thiazole rings is 1. The van der Waals surface area contributed by atoms with E-state index >= 15 is 0 Å². The second-order valence-electron chi connectivity index (χ2n) is 6.42. The van der Waals surface area contributed by atoms with Gasteiger partial charge in [-0.1, -0.05) is 11.3 Å². The maximum Gasteiger partial charge on any atom is 0.338 e. The molecule has 1 aliphatic heterocycles. The average molecular weight is 445 g/mol. The van der Waals surface area contributed by atoms with Crippen LogP contribution in [-0.2, 0) is 11.3 Å². The Kier molecular flexibility index (Phi) is 6.10. The molecule has 0 spiro atoms. The Morgan fingerprint density at radius 1 is 1.17 bits per heavy atom. The van der Waals surface area contributed by atoms with Crippen molar-refractivity contribution in [2.75, 3.05) is 25.4 Å². The summed E-state index contributed by atoms with van der Waals surface area (Å²) in [4.78, 5) is 29.9. The summed E-state index contributed by atoms with van der Waals surface area (Å²) in [6.45, 7) is 2.95. The lowest BCUT2D eigenvalue weighted by Crippen LogP contribution is -2.18. The van der Waals surface area contributed by atoms with Crippen molar-refractivity contribution in [3.63, 3.8) is 0 Å². The first-order valence-electron chi connectivity index (χ1n) is 9.39. The molecule has 2 heterocycles. The van der Waals surface area contributed by atoms with Gasteiger partial charge >= 0.3 is 5.97 Å². The monoisotopic (exact) mass is 444 g/mol. The van der Waals surface area contributed by atoms with Crippen LogP contribution in [0, 0.1) is 0 Å². The lowest BCUT2D eigenvalue weighted by molar-refractivity contribution is 0.0526. The Morgan fingerprint density at radius 3 is 2.77 bits per heavy atom. The molecule has 0 aliphatic carbocycles. The average Bonchev–Trinajstić information content (AvgIpc) is 3.35. The molecule has 0 N–H and O–H groups in total. The van der Waals surface area contributed by atoms with Crippen molar-refractivity contribution < 1.29 is 23.8 Å². The Balaban J connectivity index is 1.75. The number of aromatic nitrogens is 1. The Labute approximate surface area is 181 Å². The molecule has 0 saturated heterocycles. The fourth-order valence-corrected chi connectivity index (χ4v) is 4.54. The van der Waals surface area contributed by atoms with Gasteiger partial charge in [-0.2, -0.15) is 16.8 Å². The molecule has 0 bridgehead atoms. The summed E-state index contributed by atoms with van der Waals surface area (Å²) in [6, 6.07) is 10.4. The number of hydrogen-bond acceptors (Lipinski definition) is 7. The Morgan fingerprint density at radius 2 is 1.97 bits per heavy atom. The summed E-state index contributed by atoms with van der Waals surface area (Å²) in [5.74, 6) is 1.31. The van der Waals surface area contributed by atoms with Gasteiger partial charge in [-0.25, -0.2) is 4.79 Å². The van der Waals surface area contributed by atoms with Crippen LogP contribution in [0.15, 0.2) is 41.4 Å². The molecule has 7 nitrogen and oxygen atoms in total. The predicted molar refractivity (Wildman–Crippen MR) is 117 cm³/mol. The first-order chi connectivity index (χ1) is 14.6. The summed E-state index contributed by atoms with van der Waals surface area (Å²) in [6.07, 6.45) is 2.03. The van der Waals surface area contributed by atoms with Crippen molar-refractivity contribution in [3.05, 3.63) is 52.3 Å². The van der Waals surface area contributed by atoms with Crippen LogP contribution < -0.4 is 14.3 Å². The smallest absolute Gasteiger partial charge is 0.338 e. The third-order valence-electron chi connectivity index (χ3n) is 4.53. The van der Waals surface area contributed by atoms with Crippen molar-refractivity contribution in [3.8, 4) is 11.5 Å². The minimum absolute atomic E-state index is 0.151. The molecular weight excluding hydrogens is 424 g/mol. The molecular formula is C21H20N2O5S2. The van der Waals surface area contributed by atoms with E-state index in [9.17, 15) is 9.59 Å². The van der Waals surface area contributed by atoms with E-state index in [0.717, 1.165) is 16.0 Å². The van der Waals surface area contributed by atoms with E-state index in [-0.39, 0.29) is 18.7 Å². The summed E-state index contributed by atoms with van der Waals surface area (Å²) in [7, 11) is 0. The SMILES string of the molecule is CCOC(=O)c1ccc2c(c1)sc(=NC(=O)c1ccc3c(c1)OCO3)n2CCSC. The molecule has 2 aromatic carbocycles. The minimum atomic E-state index is -0.363. The van der Waals surface area contributed by atoms with E-state index in [0.29, 0.717) is 40.6 Å². The number of aryl methyl sites for hydroxylation is 1. The molecule has 3 aromatic rings. The lowest BCUT2D eigenvalue weighted by atomic mass is 10.2. The highest BCUT2D eigenvalue weighted by atomic mass is 32.2. The minimum Gasteiger partial charge on any atom is -0.462 e. The normalized spacial score (nSPS) is 13.1. The molecule has 9 heteroatoms. The zero-order valence-corrected chi connectivity index (χ0v) is 18.2. The van der Waals surface area contributed by atoms with E-state index in [2.05, 4.69) is 4.99 Å². The number of rotatable bonds is 6. The van der Waals surface area contributed by atoms with E-state index < -0.39 is 0 Å². The molecule has 4 rings (SSSR count). The van der Waals surface area contributed by atoms with Crippen molar-refractivity contribution in [1.29, 1.82) is 0 Å². The molecule has 0 unspecified atom stereocenters. The van der Waals surface area contributed by atoms with Crippen LogP contribution in [0.5, 0.6) is 11.5 Å². The van der Waals surface area contributed by atoms with Gasteiger partial charge in [0.25, 0.3) is 5.91 Å². The second-order valence-corrected chi connectivity index (χ2v) is 8.41. The van der Waals surface area contributed by atoms with E-state index in [4.69, 9.17) is 14.2 Å². The topological polar surface area (TPSA) is 79.1 Å². The zero-order chi connectivity index (χ0) is 21.1. The molecule has 1 aliphatic rings. The highest BCUT2D eigenvalue weighted by Crippen LogP contribution is 2.32. The summed E-state index contributed by atoms with van der Waals surface area (Å²) >= 11 is 3.09.